The highest BCUT2D eigenvalue weighted by Gasteiger charge is 2.20. The summed E-state index contributed by atoms with van der Waals surface area (Å²) >= 11 is 0. The van der Waals surface area contributed by atoms with Gasteiger partial charge in [0.15, 0.2) is 0 Å². The highest BCUT2D eigenvalue weighted by atomic mass is 16.2. The Balaban J connectivity index is 2.02. The zero-order valence-electron chi connectivity index (χ0n) is 9.57. The number of aryl methyl sites for hydroxylation is 1. The van der Waals surface area contributed by atoms with Crippen LogP contribution in [0.15, 0.2) is 6.20 Å². The van der Waals surface area contributed by atoms with E-state index in [0.717, 1.165) is 12.8 Å². The Morgan fingerprint density at radius 1 is 1.50 bits per heavy atom. The highest BCUT2D eigenvalue weighted by Crippen LogP contribution is 2.18. The summed E-state index contributed by atoms with van der Waals surface area (Å²) in [6.07, 6.45) is 7.33. The standard InChI is InChI=1S/C11H18N4O/c1-15-10(9(12)7-13-15)11(16)14-8-5-3-2-4-6-8/h7-8H,2-6,12H2,1H3,(H,14,16). The monoisotopic (exact) mass is 222 g/mol. The number of anilines is 1. The summed E-state index contributed by atoms with van der Waals surface area (Å²) in [5.41, 5.74) is 6.61. The number of nitrogens with two attached hydrogens (primary N) is 1. The lowest BCUT2D eigenvalue weighted by atomic mass is 9.95. The maximum absolute atomic E-state index is 12.0. The zero-order chi connectivity index (χ0) is 11.5. The van der Waals surface area contributed by atoms with Crippen LogP contribution in [0.25, 0.3) is 0 Å². The highest BCUT2D eigenvalue weighted by molar-refractivity contribution is 5.97. The van der Waals surface area contributed by atoms with Crippen LogP contribution in [0, 0.1) is 0 Å². The van der Waals surface area contributed by atoms with Crippen LogP contribution >= 0.6 is 0 Å². The lowest BCUT2D eigenvalue weighted by Crippen LogP contribution is -2.37. The van der Waals surface area contributed by atoms with Gasteiger partial charge in [0.2, 0.25) is 0 Å². The smallest absolute Gasteiger partial charge is 0.271 e. The van der Waals surface area contributed by atoms with E-state index >= 15 is 0 Å². The molecule has 2 rings (SSSR count). The molecule has 5 heteroatoms. The van der Waals surface area contributed by atoms with Gasteiger partial charge in [-0.1, -0.05) is 19.3 Å². The molecule has 0 atom stereocenters. The van der Waals surface area contributed by atoms with Gasteiger partial charge in [0, 0.05) is 13.1 Å². The van der Waals surface area contributed by atoms with Crippen LogP contribution in [0.5, 0.6) is 0 Å². The van der Waals surface area contributed by atoms with E-state index in [1.54, 1.807) is 7.05 Å². The number of hydrogen-bond acceptors (Lipinski definition) is 3. The Labute approximate surface area is 95.0 Å². The molecule has 1 heterocycles. The summed E-state index contributed by atoms with van der Waals surface area (Å²) in [4.78, 5) is 12.0. The van der Waals surface area contributed by atoms with Crippen molar-refractivity contribution in [3.63, 3.8) is 0 Å². The second-order valence-corrected chi connectivity index (χ2v) is 4.38. The molecule has 1 fully saturated rings. The van der Waals surface area contributed by atoms with Gasteiger partial charge in [0.1, 0.15) is 5.69 Å². The Hall–Kier alpha value is -1.52. The first-order chi connectivity index (χ1) is 7.68. The number of rotatable bonds is 2. The minimum atomic E-state index is -0.107. The largest absolute Gasteiger partial charge is 0.396 e. The second kappa shape index (κ2) is 4.55. The molecule has 0 unspecified atom stereocenters. The molecule has 1 aliphatic rings. The number of aromatic nitrogens is 2. The lowest BCUT2D eigenvalue weighted by Gasteiger charge is -2.22. The number of carbonyl (C=O) groups is 1. The maximum Gasteiger partial charge on any atom is 0.271 e. The molecule has 0 aliphatic heterocycles. The van der Waals surface area contributed by atoms with Crippen molar-refractivity contribution in [2.24, 2.45) is 7.05 Å². The molecule has 3 N–H and O–H groups in total. The Bertz CT molecular complexity index is 360. The summed E-state index contributed by atoms with van der Waals surface area (Å²) in [5.74, 6) is -0.107. The molecule has 1 saturated carbocycles. The van der Waals surface area contributed by atoms with Crippen molar-refractivity contribution in [1.82, 2.24) is 15.1 Å². The molecule has 1 aliphatic carbocycles. The summed E-state index contributed by atoms with van der Waals surface area (Å²) < 4.78 is 1.52. The number of nitrogen functional groups attached to an aromatic ring is 1. The molecule has 1 aromatic rings. The zero-order valence-corrected chi connectivity index (χ0v) is 9.57. The van der Waals surface area contributed by atoms with Crippen molar-refractivity contribution < 1.29 is 4.79 Å². The van der Waals surface area contributed by atoms with E-state index in [2.05, 4.69) is 10.4 Å². The van der Waals surface area contributed by atoms with E-state index in [4.69, 9.17) is 5.73 Å². The maximum atomic E-state index is 12.0. The Kier molecular flexibility index (Phi) is 3.12. The van der Waals surface area contributed by atoms with Gasteiger partial charge >= 0.3 is 0 Å². The Morgan fingerprint density at radius 2 is 2.19 bits per heavy atom. The molecule has 1 amide bonds. The minimum absolute atomic E-state index is 0.107. The van der Waals surface area contributed by atoms with Crippen LogP contribution in [-0.2, 0) is 7.05 Å². The summed E-state index contributed by atoms with van der Waals surface area (Å²) in [6, 6.07) is 0.301. The molecule has 0 saturated heterocycles. The molecule has 0 bridgehead atoms. The normalized spacial score (nSPS) is 17.3. The quantitative estimate of drug-likeness (QED) is 0.786. The van der Waals surface area contributed by atoms with Gasteiger partial charge in [-0.25, -0.2) is 0 Å². The molecule has 16 heavy (non-hydrogen) atoms. The SMILES string of the molecule is Cn1ncc(N)c1C(=O)NC1CCCCC1. The predicted octanol–water partition coefficient (Wildman–Crippen LogP) is 1.06. The van der Waals surface area contributed by atoms with Gasteiger partial charge < -0.3 is 11.1 Å². The average molecular weight is 222 g/mol. The van der Waals surface area contributed by atoms with E-state index in [-0.39, 0.29) is 5.91 Å². The third-order valence-corrected chi connectivity index (χ3v) is 3.12. The van der Waals surface area contributed by atoms with Crippen LogP contribution in [0.4, 0.5) is 5.69 Å². The van der Waals surface area contributed by atoms with Crippen molar-refractivity contribution in [3.05, 3.63) is 11.9 Å². The first-order valence-corrected chi connectivity index (χ1v) is 5.77. The lowest BCUT2D eigenvalue weighted by molar-refractivity contribution is 0.0919. The molecular weight excluding hydrogens is 204 g/mol. The second-order valence-electron chi connectivity index (χ2n) is 4.38. The summed E-state index contributed by atoms with van der Waals surface area (Å²) in [5, 5.41) is 6.98. The number of amides is 1. The molecule has 0 radical (unpaired) electrons. The van der Waals surface area contributed by atoms with Crippen LogP contribution in [0.3, 0.4) is 0 Å². The van der Waals surface area contributed by atoms with Gasteiger partial charge in [-0.2, -0.15) is 5.10 Å². The first kappa shape index (κ1) is 11.0. The third-order valence-electron chi connectivity index (χ3n) is 3.12. The average Bonchev–Trinajstić information content (AvgIpc) is 2.60. The van der Waals surface area contributed by atoms with Gasteiger partial charge in [0.25, 0.3) is 5.91 Å². The van der Waals surface area contributed by atoms with Gasteiger partial charge in [-0.05, 0) is 12.8 Å². The number of nitrogens with one attached hydrogen (secondary N) is 1. The van der Waals surface area contributed by atoms with E-state index < -0.39 is 0 Å². The first-order valence-electron chi connectivity index (χ1n) is 5.77. The molecular formula is C11H18N4O. The number of hydrogen-bond donors (Lipinski definition) is 2. The van der Waals surface area contributed by atoms with E-state index in [1.807, 2.05) is 0 Å². The number of nitrogens with zero attached hydrogens (tertiary/aromatic N) is 2. The number of carbonyl (C=O) groups excluding carboxylic acids is 1. The van der Waals surface area contributed by atoms with Crippen molar-refractivity contribution in [2.45, 2.75) is 38.1 Å². The fourth-order valence-electron chi connectivity index (χ4n) is 2.23. The molecule has 88 valence electrons. The van der Waals surface area contributed by atoms with Crippen LogP contribution in [-0.4, -0.2) is 21.7 Å². The molecule has 0 spiro atoms. The fourth-order valence-corrected chi connectivity index (χ4v) is 2.23. The minimum Gasteiger partial charge on any atom is -0.396 e. The summed E-state index contributed by atoms with van der Waals surface area (Å²) in [6.45, 7) is 0. The van der Waals surface area contributed by atoms with Crippen molar-refractivity contribution in [3.8, 4) is 0 Å². The predicted molar refractivity (Wildman–Crippen MR) is 62.0 cm³/mol. The van der Waals surface area contributed by atoms with Crippen molar-refractivity contribution >= 4 is 11.6 Å². The fraction of sp³-hybridized carbons (Fsp3) is 0.636. The van der Waals surface area contributed by atoms with E-state index in [9.17, 15) is 4.79 Å². The van der Waals surface area contributed by atoms with Gasteiger partial charge in [-0.15, -0.1) is 0 Å². The van der Waals surface area contributed by atoms with Crippen LogP contribution < -0.4 is 11.1 Å². The van der Waals surface area contributed by atoms with Crippen molar-refractivity contribution in [1.29, 1.82) is 0 Å². The van der Waals surface area contributed by atoms with Gasteiger partial charge in [0.05, 0.1) is 11.9 Å². The summed E-state index contributed by atoms with van der Waals surface area (Å²) in [7, 11) is 1.73. The van der Waals surface area contributed by atoms with Crippen LogP contribution in [0.2, 0.25) is 0 Å². The van der Waals surface area contributed by atoms with E-state index in [1.165, 1.54) is 30.1 Å². The molecule has 0 aromatic carbocycles. The van der Waals surface area contributed by atoms with Crippen LogP contribution in [0.1, 0.15) is 42.6 Å². The molecule has 5 nitrogen and oxygen atoms in total. The molecule has 1 aromatic heterocycles. The van der Waals surface area contributed by atoms with Gasteiger partial charge in [-0.3, -0.25) is 9.48 Å². The topological polar surface area (TPSA) is 72.9 Å². The van der Waals surface area contributed by atoms with E-state index in [0.29, 0.717) is 17.4 Å². The Morgan fingerprint density at radius 3 is 2.75 bits per heavy atom. The van der Waals surface area contributed by atoms with Crippen molar-refractivity contribution in [2.75, 3.05) is 5.73 Å². The third kappa shape index (κ3) is 2.18.